The van der Waals surface area contributed by atoms with Crippen LogP contribution in [0.5, 0.6) is 0 Å². The lowest BCUT2D eigenvalue weighted by Gasteiger charge is -2.16. The second-order valence-corrected chi connectivity index (χ2v) is 3.30. The van der Waals surface area contributed by atoms with E-state index >= 15 is 0 Å². The molecule has 1 rings (SSSR count). The summed E-state index contributed by atoms with van der Waals surface area (Å²) in [4.78, 5) is 0. The minimum atomic E-state index is -0.0656. The fourth-order valence-electron chi connectivity index (χ4n) is 1.55. The van der Waals surface area contributed by atoms with Gasteiger partial charge in [-0.3, -0.25) is 0 Å². The van der Waals surface area contributed by atoms with Crippen LogP contribution in [0.2, 0.25) is 0 Å². The Morgan fingerprint density at radius 2 is 2.45 bits per heavy atom. The molecule has 3 unspecified atom stereocenters. The molecule has 0 aromatic rings. The summed E-state index contributed by atoms with van der Waals surface area (Å²) >= 11 is 0. The predicted molar refractivity (Wildman–Crippen MR) is 43.2 cm³/mol. The van der Waals surface area contributed by atoms with Crippen molar-refractivity contribution in [3.05, 3.63) is 0 Å². The summed E-state index contributed by atoms with van der Waals surface area (Å²) in [6.07, 6.45) is 2.31. The van der Waals surface area contributed by atoms with Gasteiger partial charge in [-0.1, -0.05) is 0 Å². The molecular formula is C8H17NO2. The van der Waals surface area contributed by atoms with Crippen molar-refractivity contribution in [3.8, 4) is 0 Å². The Labute approximate surface area is 67.5 Å². The van der Waals surface area contributed by atoms with Crippen molar-refractivity contribution >= 4 is 0 Å². The number of aliphatic hydroxyl groups excluding tert-OH is 1. The molecule has 66 valence electrons. The number of ether oxygens (including phenoxy) is 1. The van der Waals surface area contributed by atoms with Gasteiger partial charge in [0.2, 0.25) is 0 Å². The minimum absolute atomic E-state index is 0.0656. The highest BCUT2D eigenvalue weighted by molar-refractivity contribution is 4.76. The van der Waals surface area contributed by atoms with E-state index in [1.807, 2.05) is 0 Å². The van der Waals surface area contributed by atoms with Gasteiger partial charge in [-0.05, 0) is 25.7 Å². The summed E-state index contributed by atoms with van der Waals surface area (Å²) in [5.41, 5.74) is 5.61. The molecular weight excluding hydrogens is 142 g/mol. The highest BCUT2D eigenvalue weighted by Crippen LogP contribution is 2.24. The van der Waals surface area contributed by atoms with Gasteiger partial charge >= 0.3 is 0 Å². The normalized spacial score (nSPS) is 34.1. The second kappa shape index (κ2) is 4.04. The number of nitrogens with two attached hydrogens (primary N) is 1. The smallest absolute Gasteiger partial charge is 0.0582 e. The Hall–Kier alpha value is -0.120. The van der Waals surface area contributed by atoms with E-state index in [0.717, 1.165) is 19.4 Å². The summed E-state index contributed by atoms with van der Waals surface area (Å²) in [5, 5.41) is 8.72. The molecule has 0 amide bonds. The van der Waals surface area contributed by atoms with Crippen LogP contribution in [0, 0.1) is 5.92 Å². The van der Waals surface area contributed by atoms with Crippen molar-refractivity contribution in [3.63, 3.8) is 0 Å². The highest BCUT2D eigenvalue weighted by atomic mass is 16.5. The Bertz CT molecular complexity index is 119. The number of hydrogen-bond donors (Lipinski definition) is 2. The topological polar surface area (TPSA) is 55.5 Å². The molecule has 1 aliphatic rings. The maximum Gasteiger partial charge on any atom is 0.0582 e. The number of aliphatic hydroxyl groups is 1. The molecule has 0 bridgehead atoms. The van der Waals surface area contributed by atoms with E-state index in [2.05, 4.69) is 6.92 Å². The number of hydrogen-bond acceptors (Lipinski definition) is 3. The Morgan fingerprint density at radius 3 is 2.91 bits per heavy atom. The standard InChI is InChI=1S/C8H17NO2/c1-6-7(2-3-11-6)4-8(9)5-10/h6-8,10H,2-5,9H2,1H3. The van der Waals surface area contributed by atoms with Gasteiger partial charge in [0.15, 0.2) is 0 Å². The van der Waals surface area contributed by atoms with Crippen LogP contribution in [0.25, 0.3) is 0 Å². The van der Waals surface area contributed by atoms with Crippen LogP contribution < -0.4 is 5.73 Å². The van der Waals surface area contributed by atoms with Gasteiger partial charge in [0.25, 0.3) is 0 Å². The van der Waals surface area contributed by atoms with Crippen molar-refractivity contribution in [2.75, 3.05) is 13.2 Å². The molecule has 1 fully saturated rings. The van der Waals surface area contributed by atoms with Crippen LogP contribution in [-0.2, 0) is 4.74 Å². The first-order chi connectivity index (χ1) is 5.24. The van der Waals surface area contributed by atoms with Crippen molar-refractivity contribution in [1.29, 1.82) is 0 Å². The molecule has 3 N–H and O–H groups in total. The zero-order chi connectivity index (χ0) is 8.27. The zero-order valence-electron chi connectivity index (χ0n) is 6.99. The predicted octanol–water partition coefficient (Wildman–Crippen LogP) is 0.121. The average Bonchev–Trinajstić information content (AvgIpc) is 2.37. The van der Waals surface area contributed by atoms with Gasteiger partial charge in [0, 0.05) is 12.6 Å². The molecule has 1 saturated heterocycles. The second-order valence-electron chi connectivity index (χ2n) is 3.30. The lowest BCUT2D eigenvalue weighted by molar-refractivity contribution is 0.0994. The molecule has 1 aliphatic heterocycles. The summed E-state index contributed by atoms with van der Waals surface area (Å²) in [7, 11) is 0. The number of rotatable bonds is 3. The summed E-state index contributed by atoms with van der Waals surface area (Å²) < 4.78 is 5.37. The average molecular weight is 159 g/mol. The third kappa shape index (κ3) is 2.43. The third-order valence-corrected chi connectivity index (χ3v) is 2.37. The van der Waals surface area contributed by atoms with Crippen molar-refractivity contribution in [2.45, 2.75) is 31.9 Å². The maximum absolute atomic E-state index is 8.72. The molecule has 11 heavy (non-hydrogen) atoms. The SMILES string of the molecule is CC1OCCC1CC(N)CO. The molecule has 0 radical (unpaired) electrons. The van der Waals surface area contributed by atoms with Crippen LogP contribution in [0.1, 0.15) is 19.8 Å². The third-order valence-electron chi connectivity index (χ3n) is 2.37. The monoisotopic (exact) mass is 159 g/mol. The largest absolute Gasteiger partial charge is 0.395 e. The first-order valence-electron chi connectivity index (χ1n) is 4.22. The fourth-order valence-corrected chi connectivity index (χ4v) is 1.55. The molecule has 0 aliphatic carbocycles. The molecule has 3 atom stereocenters. The van der Waals surface area contributed by atoms with E-state index in [1.165, 1.54) is 0 Å². The van der Waals surface area contributed by atoms with Gasteiger partial charge < -0.3 is 15.6 Å². The van der Waals surface area contributed by atoms with E-state index in [-0.39, 0.29) is 12.6 Å². The molecule has 3 heteroatoms. The van der Waals surface area contributed by atoms with E-state index in [9.17, 15) is 0 Å². The maximum atomic E-state index is 8.72. The van der Waals surface area contributed by atoms with Gasteiger partial charge in [-0.2, -0.15) is 0 Å². The highest BCUT2D eigenvalue weighted by Gasteiger charge is 2.25. The summed E-state index contributed by atoms with van der Waals surface area (Å²) in [6, 6.07) is -0.0656. The van der Waals surface area contributed by atoms with E-state index < -0.39 is 0 Å². The van der Waals surface area contributed by atoms with Crippen LogP contribution in [0.4, 0.5) is 0 Å². The van der Waals surface area contributed by atoms with Crippen LogP contribution in [-0.4, -0.2) is 30.5 Å². The van der Waals surface area contributed by atoms with Gasteiger partial charge in [0.1, 0.15) is 0 Å². The van der Waals surface area contributed by atoms with E-state index in [4.69, 9.17) is 15.6 Å². The van der Waals surface area contributed by atoms with Crippen LogP contribution >= 0.6 is 0 Å². The van der Waals surface area contributed by atoms with E-state index in [0.29, 0.717) is 12.0 Å². The Balaban J connectivity index is 2.24. The summed E-state index contributed by atoms with van der Waals surface area (Å²) in [6.45, 7) is 3.01. The first kappa shape index (κ1) is 8.97. The van der Waals surface area contributed by atoms with Gasteiger partial charge in [-0.15, -0.1) is 0 Å². The van der Waals surface area contributed by atoms with Crippen molar-refractivity contribution < 1.29 is 9.84 Å². The molecule has 0 saturated carbocycles. The summed E-state index contributed by atoms with van der Waals surface area (Å²) in [5.74, 6) is 0.553. The molecule has 3 nitrogen and oxygen atoms in total. The Kier molecular flexibility index (Phi) is 3.30. The molecule has 0 aromatic heterocycles. The lowest BCUT2D eigenvalue weighted by atomic mass is 9.95. The lowest BCUT2D eigenvalue weighted by Crippen LogP contribution is -2.29. The minimum Gasteiger partial charge on any atom is -0.395 e. The molecule has 0 aromatic carbocycles. The quantitative estimate of drug-likeness (QED) is 0.615. The van der Waals surface area contributed by atoms with Crippen molar-refractivity contribution in [1.82, 2.24) is 0 Å². The van der Waals surface area contributed by atoms with Gasteiger partial charge in [-0.25, -0.2) is 0 Å². The van der Waals surface area contributed by atoms with E-state index in [1.54, 1.807) is 0 Å². The first-order valence-corrected chi connectivity index (χ1v) is 4.22. The molecule has 1 heterocycles. The van der Waals surface area contributed by atoms with Crippen LogP contribution in [0.3, 0.4) is 0 Å². The molecule has 0 spiro atoms. The Morgan fingerprint density at radius 1 is 1.73 bits per heavy atom. The van der Waals surface area contributed by atoms with Gasteiger partial charge in [0.05, 0.1) is 12.7 Å². The van der Waals surface area contributed by atoms with Crippen molar-refractivity contribution in [2.24, 2.45) is 11.7 Å². The zero-order valence-corrected chi connectivity index (χ0v) is 6.99. The fraction of sp³-hybridized carbons (Fsp3) is 1.00. The van der Waals surface area contributed by atoms with Crippen LogP contribution in [0.15, 0.2) is 0 Å².